The Hall–Kier alpha value is -1.83. The first kappa shape index (κ1) is 11.6. The van der Waals surface area contributed by atoms with E-state index in [-0.39, 0.29) is 5.82 Å². The summed E-state index contributed by atoms with van der Waals surface area (Å²) >= 11 is 0. The van der Waals surface area contributed by atoms with Crippen LogP contribution < -0.4 is 5.32 Å². The number of aryl methyl sites for hydroxylation is 1. The summed E-state index contributed by atoms with van der Waals surface area (Å²) in [4.78, 5) is 0. The van der Waals surface area contributed by atoms with Gasteiger partial charge in [-0.25, -0.2) is 4.39 Å². The molecule has 0 aliphatic carbocycles. The smallest absolute Gasteiger partial charge is 0.128 e. The van der Waals surface area contributed by atoms with Gasteiger partial charge in [0.2, 0.25) is 0 Å². The molecular weight excluding hydrogens is 213 g/mol. The van der Waals surface area contributed by atoms with Crippen molar-refractivity contribution < 1.29 is 4.39 Å². The fraction of sp³-hybridized carbons (Fsp3) is 0.200. The number of hydrogen-bond acceptors (Lipinski definition) is 1. The Labute approximate surface area is 101 Å². The molecule has 17 heavy (non-hydrogen) atoms. The highest BCUT2D eigenvalue weighted by Gasteiger charge is 2.02. The van der Waals surface area contributed by atoms with Crippen molar-refractivity contribution in [3.05, 3.63) is 65.0 Å². The van der Waals surface area contributed by atoms with Crippen LogP contribution in [0.25, 0.3) is 0 Å². The maximum Gasteiger partial charge on any atom is 0.128 e. The van der Waals surface area contributed by atoms with Gasteiger partial charge in [-0.3, -0.25) is 0 Å². The molecule has 2 aromatic carbocycles. The van der Waals surface area contributed by atoms with Crippen molar-refractivity contribution >= 4 is 5.69 Å². The molecule has 0 aliphatic heterocycles. The van der Waals surface area contributed by atoms with E-state index in [0.29, 0.717) is 12.1 Å². The summed E-state index contributed by atoms with van der Waals surface area (Å²) in [6.07, 6.45) is 0. The molecule has 0 saturated carbocycles. The zero-order valence-electron chi connectivity index (χ0n) is 10.1. The Morgan fingerprint density at radius 2 is 1.76 bits per heavy atom. The predicted molar refractivity (Wildman–Crippen MR) is 69.6 cm³/mol. The van der Waals surface area contributed by atoms with Crippen LogP contribution in [0.1, 0.15) is 16.7 Å². The number of nitrogens with one attached hydrogen (secondary N) is 1. The van der Waals surface area contributed by atoms with Gasteiger partial charge in [0, 0.05) is 17.8 Å². The van der Waals surface area contributed by atoms with Gasteiger partial charge in [0.15, 0.2) is 0 Å². The lowest BCUT2D eigenvalue weighted by molar-refractivity contribution is 0.613. The predicted octanol–water partition coefficient (Wildman–Crippen LogP) is 4.05. The van der Waals surface area contributed by atoms with Crippen molar-refractivity contribution in [2.24, 2.45) is 0 Å². The molecule has 0 fully saturated rings. The molecule has 2 aromatic rings. The van der Waals surface area contributed by atoms with E-state index in [1.807, 2.05) is 18.2 Å². The summed E-state index contributed by atoms with van der Waals surface area (Å²) in [5.41, 5.74) is 4.20. The van der Waals surface area contributed by atoms with E-state index in [0.717, 1.165) is 5.69 Å². The third-order valence-corrected chi connectivity index (χ3v) is 3.03. The Morgan fingerprint density at radius 3 is 2.53 bits per heavy atom. The van der Waals surface area contributed by atoms with E-state index in [4.69, 9.17) is 0 Å². The van der Waals surface area contributed by atoms with Crippen LogP contribution in [0, 0.1) is 19.7 Å². The zero-order valence-corrected chi connectivity index (χ0v) is 10.1. The van der Waals surface area contributed by atoms with Crippen LogP contribution in [-0.2, 0) is 6.54 Å². The standard InChI is InChI=1S/C15H16FN/c1-11-6-5-9-15(12(11)2)17-10-13-7-3-4-8-14(13)16/h3-9,17H,10H2,1-2H3. The summed E-state index contributed by atoms with van der Waals surface area (Å²) in [7, 11) is 0. The van der Waals surface area contributed by atoms with Crippen LogP contribution >= 0.6 is 0 Å². The highest BCUT2D eigenvalue weighted by molar-refractivity contribution is 5.53. The molecule has 0 bridgehead atoms. The first-order valence-corrected chi connectivity index (χ1v) is 5.72. The molecular formula is C15H16FN. The van der Waals surface area contributed by atoms with E-state index in [2.05, 4.69) is 25.2 Å². The minimum Gasteiger partial charge on any atom is -0.381 e. The third-order valence-electron chi connectivity index (χ3n) is 3.03. The second kappa shape index (κ2) is 5.00. The lowest BCUT2D eigenvalue weighted by Gasteiger charge is -2.11. The van der Waals surface area contributed by atoms with Gasteiger partial charge in [0.25, 0.3) is 0 Å². The number of rotatable bonds is 3. The van der Waals surface area contributed by atoms with Crippen molar-refractivity contribution in [3.8, 4) is 0 Å². The van der Waals surface area contributed by atoms with Crippen LogP contribution in [0.3, 0.4) is 0 Å². The highest BCUT2D eigenvalue weighted by atomic mass is 19.1. The van der Waals surface area contributed by atoms with Gasteiger partial charge < -0.3 is 5.32 Å². The molecule has 0 amide bonds. The van der Waals surface area contributed by atoms with E-state index in [1.54, 1.807) is 12.1 Å². The Balaban J connectivity index is 2.13. The lowest BCUT2D eigenvalue weighted by Crippen LogP contribution is -2.03. The second-order valence-corrected chi connectivity index (χ2v) is 4.19. The topological polar surface area (TPSA) is 12.0 Å². The molecule has 2 heteroatoms. The summed E-state index contributed by atoms with van der Waals surface area (Å²) in [5, 5.41) is 3.27. The van der Waals surface area contributed by atoms with Crippen molar-refractivity contribution in [2.45, 2.75) is 20.4 Å². The summed E-state index contributed by atoms with van der Waals surface area (Å²) in [6, 6.07) is 12.9. The molecule has 0 radical (unpaired) electrons. The van der Waals surface area contributed by atoms with E-state index >= 15 is 0 Å². The highest BCUT2D eigenvalue weighted by Crippen LogP contribution is 2.19. The fourth-order valence-electron chi connectivity index (χ4n) is 1.77. The van der Waals surface area contributed by atoms with Crippen LogP contribution in [0.2, 0.25) is 0 Å². The fourth-order valence-corrected chi connectivity index (χ4v) is 1.77. The minimum atomic E-state index is -0.162. The molecule has 0 aromatic heterocycles. The first-order valence-electron chi connectivity index (χ1n) is 5.72. The molecule has 0 saturated heterocycles. The van der Waals surface area contributed by atoms with Gasteiger partial charge in [0.05, 0.1) is 0 Å². The summed E-state index contributed by atoms with van der Waals surface area (Å²) in [5.74, 6) is -0.162. The van der Waals surface area contributed by atoms with Gasteiger partial charge in [-0.15, -0.1) is 0 Å². The average molecular weight is 229 g/mol. The Morgan fingerprint density at radius 1 is 1.00 bits per heavy atom. The molecule has 2 rings (SSSR count). The van der Waals surface area contributed by atoms with E-state index in [9.17, 15) is 4.39 Å². The van der Waals surface area contributed by atoms with Gasteiger partial charge in [-0.1, -0.05) is 30.3 Å². The molecule has 1 nitrogen and oxygen atoms in total. The molecule has 1 N–H and O–H groups in total. The normalized spacial score (nSPS) is 10.3. The molecule has 0 atom stereocenters. The SMILES string of the molecule is Cc1cccc(NCc2ccccc2F)c1C. The molecule has 88 valence electrons. The maximum absolute atomic E-state index is 13.4. The number of hydrogen-bond donors (Lipinski definition) is 1. The summed E-state index contributed by atoms with van der Waals surface area (Å²) < 4.78 is 13.4. The first-order chi connectivity index (χ1) is 8.18. The van der Waals surface area contributed by atoms with E-state index < -0.39 is 0 Å². The number of anilines is 1. The van der Waals surface area contributed by atoms with E-state index in [1.165, 1.54) is 17.2 Å². The van der Waals surface area contributed by atoms with Crippen molar-refractivity contribution in [1.82, 2.24) is 0 Å². The molecule has 0 heterocycles. The monoisotopic (exact) mass is 229 g/mol. The van der Waals surface area contributed by atoms with Gasteiger partial charge in [-0.05, 0) is 37.1 Å². The number of halogens is 1. The van der Waals surface area contributed by atoms with Crippen LogP contribution in [0.4, 0.5) is 10.1 Å². The van der Waals surface area contributed by atoms with Crippen molar-refractivity contribution in [1.29, 1.82) is 0 Å². The van der Waals surface area contributed by atoms with Crippen LogP contribution in [0.5, 0.6) is 0 Å². The number of benzene rings is 2. The second-order valence-electron chi connectivity index (χ2n) is 4.19. The minimum absolute atomic E-state index is 0.162. The zero-order chi connectivity index (χ0) is 12.3. The van der Waals surface area contributed by atoms with Crippen molar-refractivity contribution in [3.63, 3.8) is 0 Å². The van der Waals surface area contributed by atoms with Crippen LogP contribution in [0.15, 0.2) is 42.5 Å². The third kappa shape index (κ3) is 2.64. The summed E-state index contributed by atoms with van der Waals surface area (Å²) in [6.45, 7) is 4.65. The van der Waals surface area contributed by atoms with Gasteiger partial charge in [-0.2, -0.15) is 0 Å². The molecule has 0 unspecified atom stereocenters. The quantitative estimate of drug-likeness (QED) is 0.837. The van der Waals surface area contributed by atoms with Gasteiger partial charge in [0.1, 0.15) is 5.82 Å². The Bertz CT molecular complexity index is 520. The maximum atomic E-state index is 13.4. The molecule has 0 spiro atoms. The average Bonchev–Trinajstić information content (AvgIpc) is 2.33. The lowest BCUT2D eigenvalue weighted by atomic mass is 10.1. The Kier molecular flexibility index (Phi) is 3.43. The van der Waals surface area contributed by atoms with Crippen molar-refractivity contribution in [2.75, 3.05) is 5.32 Å². The van der Waals surface area contributed by atoms with Crippen LogP contribution in [-0.4, -0.2) is 0 Å². The van der Waals surface area contributed by atoms with Gasteiger partial charge >= 0.3 is 0 Å². The molecule has 0 aliphatic rings. The largest absolute Gasteiger partial charge is 0.381 e.